The Morgan fingerprint density at radius 2 is 1.96 bits per heavy atom. The second kappa shape index (κ2) is 8.45. The van der Waals surface area contributed by atoms with Crippen LogP contribution in [0.3, 0.4) is 0 Å². The van der Waals surface area contributed by atoms with E-state index in [-0.39, 0.29) is 17.6 Å². The van der Waals surface area contributed by atoms with E-state index in [9.17, 15) is 13.2 Å². The molecule has 1 N–H and O–H groups in total. The molecule has 0 aliphatic carbocycles. The van der Waals surface area contributed by atoms with Gasteiger partial charge in [0.25, 0.3) is 0 Å². The number of carbonyl (C=O) groups excluding carboxylic acids is 1. The van der Waals surface area contributed by atoms with Crippen LogP contribution in [0.4, 0.5) is 0 Å². The molecule has 1 saturated heterocycles. The Labute approximate surface area is 139 Å². The molecule has 2 rings (SSSR count). The summed E-state index contributed by atoms with van der Waals surface area (Å²) in [5.74, 6) is 0.554. The fourth-order valence-corrected chi connectivity index (χ4v) is 4.03. The summed E-state index contributed by atoms with van der Waals surface area (Å²) < 4.78 is 26.2. The molecule has 1 fully saturated rings. The molecular formula is C17H26N2O3S. The van der Waals surface area contributed by atoms with Crippen molar-refractivity contribution in [1.82, 2.24) is 9.62 Å². The van der Waals surface area contributed by atoms with Crippen LogP contribution in [-0.4, -0.2) is 38.1 Å². The minimum absolute atomic E-state index is 0.160. The van der Waals surface area contributed by atoms with Gasteiger partial charge in [0.05, 0.1) is 5.75 Å². The third-order valence-corrected chi connectivity index (χ3v) is 5.76. The van der Waals surface area contributed by atoms with Crippen molar-refractivity contribution in [3.63, 3.8) is 0 Å². The molecule has 1 aliphatic rings. The van der Waals surface area contributed by atoms with Gasteiger partial charge in [0.1, 0.15) is 0 Å². The Balaban J connectivity index is 1.87. The lowest BCUT2D eigenvalue weighted by molar-refractivity contribution is -0.131. The molecule has 23 heavy (non-hydrogen) atoms. The molecular weight excluding hydrogens is 312 g/mol. The largest absolute Gasteiger partial charge is 0.338 e. The summed E-state index contributed by atoms with van der Waals surface area (Å²) >= 11 is 0. The van der Waals surface area contributed by atoms with Gasteiger partial charge in [-0.1, -0.05) is 37.3 Å². The minimum atomic E-state index is -3.17. The molecule has 0 spiro atoms. The van der Waals surface area contributed by atoms with Gasteiger partial charge in [-0.3, -0.25) is 4.79 Å². The summed E-state index contributed by atoms with van der Waals surface area (Å²) in [4.78, 5) is 14.1. The summed E-state index contributed by atoms with van der Waals surface area (Å²) in [7, 11) is -3.17. The highest BCUT2D eigenvalue weighted by atomic mass is 32.2. The maximum atomic E-state index is 12.3. The quantitative estimate of drug-likeness (QED) is 0.828. The van der Waals surface area contributed by atoms with E-state index in [1.807, 2.05) is 42.2 Å². The van der Waals surface area contributed by atoms with Crippen molar-refractivity contribution in [2.45, 2.75) is 39.2 Å². The van der Waals surface area contributed by atoms with Crippen LogP contribution in [-0.2, 0) is 21.4 Å². The van der Waals surface area contributed by atoms with Crippen LogP contribution >= 0.6 is 0 Å². The summed E-state index contributed by atoms with van der Waals surface area (Å²) in [6, 6.07) is 9.96. The molecule has 6 heteroatoms. The van der Waals surface area contributed by atoms with Gasteiger partial charge in [0.15, 0.2) is 0 Å². The average molecular weight is 338 g/mol. The van der Waals surface area contributed by atoms with Crippen molar-refractivity contribution >= 4 is 15.9 Å². The normalized spacial score (nSPS) is 19.6. The standard InChI is InChI=1S/C17H26N2O3S/c1-2-12-23(21,22)18-13-15-8-9-17(20)19(11-10-15)14-16-6-4-3-5-7-16/h3-7,15,18H,2,8-14H2,1H3. The first-order valence-corrected chi connectivity index (χ1v) is 9.94. The number of likely N-dealkylation sites (tertiary alicyclic amines) is 1. The van der Waals surface area contributed by atoms with E-state index in [1.165, 1.54) is 0 Å². The van der Waals surface area contributed by atoms with Crippen molar-refractivity contribution in [3.05, 3.63) is 35.9 Å². The Morgan fingerprint density at radius 3 is 2.65 bits per heavy atom. The number of benzene rings is 1. The monoisotopic (exact) mass is 338 g/mol. The zero-order valence-electron chi connectivity index (χ0n) is 13.7. The van der Waals surface area contributed by atoms with Crippen LogP contribution in [0, 0.1) is 5.92 Å². The highest BCUT2D eigenvalue weighted by Gasteiger charge is 2.23. The molecule has 1 heterocycles. The van der Waals surface area contributed by atoms with Crippen molar-refractivity contribution < 1.29 is 13.2 Å². The lowest BCUT2D eigenvalue weighted by Crippen LogP contribution is -2.32. The molecule has 0 saturated carbocycles. The number of carbonyl (C=O) groups is 1. The van der Waals surface area contributed by atoms with E-state index in [0.29, 0.717) is 32.5 Å². The molecule has 0 aromatic heterocycles. The van der Waals surface area contributed by atoms with Crippen LogP contribution in [0.2, 0.25) is 0 Å². The van der Waals surface area contributed by atoms with Crippen LogP contribution in [0.15, 0.2) is 30.3 Å². The van der Waals surface area contributed by atoms with Crippen LogP contribution in [0.1, 0.15) is 38.2 Å². The van der Waals surface area contributed by atoms with E-state index in [4.69, 9.17) is 0 Å². The second-order valence-corrected chi connectivity index (χ2v) is 8.09. The minimum Gasteiger partial charge on any atom is -0.338 e. The zero-order chi connectivity index (χ0) is 16.7. The van der Waals surface area contributed by atoms with Crippen molar-refractivity contribution in [3.8, 4) is 0 Å². The van der Waals surface area contributed by atoms with E-state index < -0.39 is 10.0 Å². The highest BCUT2D eigenvalue weighted by molar-refractivity contribution is 7.89. The predicted molar refractivity (Wildman–Crippen MR) is 91.3 cm³/mol. The Morgan fingerprint density at radius 1 is 1.22 bits per heavy atom. The van der Waals surface area contributed by atoms with Crippen molar-refractivity contribution in [2.75, 3.05) is 18.8 Å². The third-order valence-electron chi connectivity index (χ3n) is 4.21. The summed E-state index contributed by atoms with van der Waals surface area (Å²) in [5, 5.41) is 0. The molecule has 1 atom stereocenters. The zero-order valence-corrected chi connectivity index (χ0v) is 14.5. The van der Waals surface area contributed by atoms with Gasteiger partial charge in [-0.05, 0) is 30.7 Å². The van der Waals surface area contributed by atoms with Gasteiger partial charge in [0, 0.05) is 26.1 Å². The van der Waals surface area contributed by atoms with Gasteiger partial charge in [-0.2, -0.15) is 0 Å². The molecule has 1 aromatic rings. The first-order chi connectivity index (χ1) is 11.0. The van der Waals surface area contributed by atoms with Gasteiger partial charge >= 0.3 is 0 Å². The Kier molecular flexibility index (Phi) is 6.59. The van der Waals surface area contributed by atoms with Gasteiger partial charge in [0.2, 0.25) is 15.9 Å². The fourth-order valence-electron chi connectivity index (χ4n) is 2.85. The van der Waals surface area contributed by atoms with Crippen LogP contribution < -0.4 is 4.72 Å². The van der Waals surface area contributed by atoms with Gasteiger partial charge in [-0.15, -0.1) is 0 Å². The van der Waals surface area contributed by atoms with Crippen molar-refractivity contribution in [1.29, 1.82) is 0 Å². The molecule has 0 radical (unpaired) electrons. The first-order valence-electron chi connectivity index (χ1n) is 8.29. The van der Waals surface area contributed by atoms with E-state index in [1.54, 1.807) is 0 Å². The number of sulfonamides is 1. The number of amides is 1. The lowest BCUT2D eigenvalue weighted by atomic mass is 10.0. The first kappa shape index (κ1) is 17.9. The summed E-state index contributed by atoms with van der Waals surface area (Å²) in [6.45, 7) is 3.61. The third kappa shape index (κ3) is 5.95. The number of nitrogens with zero attached hydrogens (tertiary/aromatic N) is 1. The SMILES string of the molecule is CCCS(=O)(=O)NCC1CCC(=O)N(Cc2ccccc2)CC1. The van der Waals surface area contributed by atoms with E-state index in [2.05, 4.69) is 4.72 Å². The maximum Gasteiger partial charge on any atom is 0.222 e. The fraction of sp³-hybridized carbons (Fsp3) is 0.588. The smallest absolute Gasteiger partial charge is 0.222 e. The van der Waals surface area contributed by atoms with Crippen molar-refractivity contribution in [2.24, 2.45) is 5.92 Å². The second-order valence-electron chi connectivity index (χ2n) is 6.16. The lowest BCUT2D eigenvalue weighted by Gasteiger charge is -2.21. The Bertz CT molecular complexity index is 602. The molecule has 1 aromatic carbocycles. The molecule has 1 aliphatic heterocycles. The molecule has 1 unspecified atom stereocenters. The Hall–Kier alpha value is -1.40. The molecule has 1 amide bonds. The number of hydrogen-bond acceptors (Lipinski definition) is 3. The van der Waals surface area contributed by atoms with Crippen LogP contribution in [0.5, 0.6) is 0 Å². The number of nitrogens with one attached hydrogen (secondary N) is 1. The average Bonchev–Trinajstić information content (AvgIpc) is 2.69. The van der Waals surface area contributed by atoms with E-state index >= 15 is 0 Å². The number of hydrogen-bond donors (Lipinski definition) is 1. The summed E-state index contributed by atoms with van der Waals surface area (Å²) in [6.07, 6.45) is 2.70. The molecule has 128 valence electrons. The molecule has 0 bridgehead atoms. The number of rotatable bonds is 7. The van der Waals surface area contributed by atoms with E-state index in [0.717, 1.165) is 18.4 Å². The molecule has 5 nitrogen and oxygen atoms in total. The van der Waals surface area contributed by atoms with Gasteiger partial charge in [-0.25, -0.2) is 13.1 Å². The van der Waals surface area contributed by atoms with Gasteiger partial charge < -0.3 is 4.90 Å². The van der Waals surface area contributed by atoms with Crippen LogP contribution in [0.25, 0.3) is 0 Å². The summed E-state index contributed by atoms with van der Waals surface area (Å²) in [5.41, 5.74) is 1.13. The topological polar surface area (TPSA) is 66.5 Å². The maximum absolute atomic E-state index is 12.3. The predicted octanol–water partition coefficient (Wildman–Crippen LogP) is 2.14. The highest BCUT2D eigenvalue weighted by Crippen LogP contribution is 2.19.